The number of nitrogens with zero attached hydrogens (tertiary/aromatic N) is 4. The van der Waals surface area contributed by atoms with Crippen LogP contribution in [0.1, 0.15) is 11.6 Å². The number of hydrogen-bond acceptors (Lipinski definition) is 6. The molecule has 0 saturated heterocycles. The molecule has 0 unspecified atom stereocenters. The number of hydrogen-bond donors (Lipinski definition) is 3. The van der Waals surface area contributed by atoms with Crippen LogP contribution in [0.5, 0.6) is 0 Å². The molecule has 0 atom stereocenters. The molecule has 0 fully saturated rings. The molecule has 2 heterocycles. The monoisotopic (exact) mass is 247 g/mol. The Balaban J connectivity index is 1.94. The molecule has 0 aliphatic rings. The van der Waals surface area contributed by atoms with E-state index in [9.17, 15) is 0 Å². The van der Waals surface area contributed by atoms with E-state index >= 15 is 0 Å². The van der Waals surface area contributed by atoms with Gasteiger partial charge < -0.3 is 15.3 Å². The maximum Gasteiger partial charge on any atom is 0.145 e. The molecule has 2 aromatic rings. The Morgan fingerprint density at radius 1 is 1.33 bits per heavy atom. The summed E-state index contributed by atoms with van der Waals surface area (Å²) in [4.78, 5) is 12.7. The van der Waals surface area contributed by atoms with Crippen molar-refractivity contribution in [1.29, 1.82) is 0 Å². The fourth-order valence-corrected chi connectivity index (χ4v) is 1.67. The highest BCUT2D eigenvalue weighted by atomic mass is 15.3. The normalized spacial score (nSPS) is 10.4. The van der Waals surface area contributed by atoms with Gasteiger partial charge in [-0.15, -0.1) is 0 Å². The molecular formula is C11H17N7. The van der Waals surface area contributed by atoms with Gasteiger partial charge in [0.05, 0.1) is 0 Å². The molecule has 96 valence electrons. The zero-order chi connectivity index (χ0) is 13.0. The van der Waals surface area contributed by atoms with Gasteiger partial charge in [-0.25, -0.2) is 20.8 Å². The van der Waals surface area contributed by atoms with Crippen molar-refractivity contribution >= 4 is 11.6 Å². The van der Waals surface area contributed by atoms with E-state index in [0.717, 1.165) is 24.6 Å². The molecule has 0 amide bonds. The Labute approximate surface area is 105 Å². The van der Waals surface area contributed by atoms with Gasteiger partial charge in [0, 0.05) is 38.5 Å². The average Bonchev–Trinajstić information content (AvgIpc) is 2.74. The van der Waals surface area contributed by atoms with Crippen LogP contribution >= 0.6 is 0 Å². The average molecular weight is 247 g/mol. The molecule has 0 spiro atoms. The molecule has 0 aliphatic heterocycles. The van der Waals surface area contributed by atoms with Gasteiger partial charge in [0.15, 0.2) is 0 Å². The summed E-state index contributed by atoms with van der Waals surface area (Å²) >= 11 is 0. The molecule has 7 heteroatoms. The van der Waals surface area contributed by atoms with E-state index in [1.54, 1.807) is 12.3 Å². The van der Waals surface area contributed by atoms with Crippen LogP contribution in [0.15, 0.2) is 18.5 Å². The second-order valence-electron chi connectivity index (χ2n) is 3.96. The molecular weight excluding hydrogens is 230 g/mol. The summed E-state index contributed by atoms with van der Waals surface area (Å²) in [5.41, 5.74) is 2.51. The highest BCUT2D eigenvalue weighted by Gasteiger charge is 2.02. The highest BCUT2D eigenvalue weighted by molar-refractivity contribution is 5.46. The quantitative estimate of drug-likeness (QED) is 0.525. The second-order valence-corrected chi connectivity index (χ2v) is 3.96. The number of aryl methyl sites for hydroxylation is 2. The van der Waals surface area contributed by atoms with Crippen molar-refractivity contribution in [3.63, 3.8) is 0 Å². The van der Waals surface area contributed by atoms with Crippen molar-refractivity contribution in [3.05, 3.63) is 30.1 Å². The zero-order valence-corrected chi connectivity index (χ0v) is 10.5. The Morgan fingerprint density at radius 3 is 2.78 bits per heavy atom. The Bertz CT molecular complexity index is 520. The van der Waals surface area contributed by atoms with Gasteiger partial charge in [-0.2, -0.15) is 0 Å². The number of nitrogen functional groups attached to an aromatic ring is 1. The fourth-order valence-electron chi connectivity index (χ4n) is 1.67. The van der Waals surface area contributed by atoms with Crippen molar-refractivity contribution in [2.75, 3.05) is 17.3 Å². The molecule has 0 saturated carbocycles. The van der Waals surface area contributed by atoms with Gasteiger partial charge in [-0.3, -0.25) is 0 Å². The molecule has 0 radical (unpaired) electrons. The Morgan fingerprint density at radius 2 is 2.11 bits per heavy atom. The summed E-state index contributed by atoms with van der Waals surface area (Å²) < 4.78 is 2.00. The first-order valence-electron chi connectivity index (χ1n) is 5.71. The molecule has 0 aromatic carbocycles. The number of hydrazine groups is 1. The third-order valence-electron chi connectivity index (χ3n) is 2.56. The van der Waals surface area contributed by atoms with Gasteiger partial charge in [-0.1, -0.05) is 0 Å². The smallest absolute Gasteiger partial charge is 0.145 e. The molecule has 0 bridgehead atoms. The number of nitrogens with one attached hydrogen (secondary N) is 2. The van der Waals surface area contributed by atoms with E-state index in [4.69, 9.17) is 5.84 Å². The number of rotatable bonds is 5. The highest BCUT2D eigenvalue weighted by Crippen LogP contribution is 2.09. The van der Waals surface area contributed by atoms with E-state index in [1.165, 1.54) is 0 Å². The SMILES string of the molecule is Cc1nc(NN)cc(NCCc2nccn2C)n1. The largest absolute Gasteiger partial charge is 0.369 e. The molecule has 4 N–H and O–H groups in total. The minimum atomic E-state index is 0.599. The maximum atomic E-state index is 5.33. The number of imidazole rings is 1. The van der Waals surface area contributed by atoms with Gasteiger partial charge in [-0.05, 0) is 6.92 Å². The van der Waals surface area contributed by atoms with Crippen LogP contribution in [-0.4, -0.2) is 26.1 Å². The molecule has 18 heavy (non-hydrogen) atoms. The molecule has 2 rings (SSSR count). The number of anilines is 2. The van der Waals surface area contributed by atoms with Gasteiger partial charge >= 0.3 is 0 Å². The third kappa shape index (κ3) is 2.95. The minimum absolute atomic E-state index is 0.599. The summed E-state index contributed by atoms with van der Waals surface area (Å²) in [7, 11) is 1.98. The predicted octanol–water partition coefficient (Wildman–Crippen LogP) is 0.459. The molecule has 7 nitrogen and oxygen atoms in total. The lowest BCUT2D eigenvalue weighted by molar-refractivity contribution is 0.788. The van der Waals surface area contributed by atoms with Crippen molar-refractivity contribution in [2.24, 2.45) is 12.9 Å². The Kier molecular flexibility index (Phi) is 3.73. The van der Waals surface area contributed by atoms with Crippen molar-refractivity contribution in [1.82, 2.24) is 19.5 Å². The van der Waals surface area contributed by atoms with Crippen LogP contribution in [0, 0.1) is 6.92 Å². The van der Waals surface area contributed by atoms with Crippen LogP contribution in [0.3, 0.4) is 0 Å². The first-order chi connectivity index (χ1) is 8.69. The first-order valence-corrected chi connectivity index (χ1v) is 5.71. The summed E-state index contributed by atoms with van der Waals surface area (Å²) in [5.74, 6) is 8.39. The van der Waals surface area contributed by atoms with Crippen LogP contribution < -0.4 is 16.6 Å². The predicted molar refractivity (Wildman–Crippen MR) is 70.0 cm³/mol. The van der Waals surface area contributed by atoms with Crippen molar-refractivity contribution in [3.8, 4) is 0 Å². The van der Waals surface area contributed by atoms with Crippen LogP contribution in [0.4, 0.5) is 11.6 Å². The summed E-state index contributed by atoms with van der Waals surface area (Å²) in [6, 6.07) is 1.77. The molecule has 2 aromatic heterocycles. The maximum absolute atomic E-state index is 5.33. The van der Waals surface area contributed by atoms with E-state index < -0.39 is 0 Å². The standard InChI is InChI=1S/C11H17N7/c1-8-15-9(7-10(16-8)17-12)13-4-3-11-14-5-6-18(11)2/h5-7H,3-4,12H2,1-2H3,(H2,13,15,16,17). The lowest BCUT2D eigenvalue weighted by Crippen LogP contribution is -2.13. The van der Waals surface area contributed by atoms with Crippen molar-refractivity contribution < 1.29 is 0 Å². The van der Waals surface area contributed by atoms with E-state index in [0.29, 0.717) is 11.6 Å². The van der Waals surface area contributed by atoms with E-state index in [-0.39, 0.29) is 0 Å². The van der Waals surface area contributed by atoms with Crippen LogP contribution in [-0.2, 0) is 13.5 Å². The second kappa shape index (κ2) is 5.46. The third-order valence-corrected chi connectivity index (χ3v) is 2.56. The minimum Gasteiger partial charge on any atom is -0.369 e. The van der Waals surface area contributed by atoms with E-state index in [2.05, 4.69) is 25.7 Å². The van der Waals surface area contributed by atoms with Gasteiger partial charge in [0.1, 0.15) is 23.3 Å². The number of nitrogens with two attached hydrogens (primary N) is 1. The molecule has 0 aliphatic carbocycles. The first kappa shape index (κ1) is 12.3. The lowest BCUT2D eigenvalue weighted by Gasteiger charge is -2.08. The lowest BCUT2D eigenvalue weighted by atomic mass is 10.4. The van der Waals surface area contributed by atoms with Crippen LogP contribution in [0.25, 0.3) is 0 Å². The van der Waals surface area contributed by atoms with E-state index in [1.807, 2.05) is 24.7 Å². The number of aromatic nitrogens is 4. The topological polar surface area (TPSA) is 93.7 Å². The van der Waals surface area contributed by atoms with Crippen molar-refractivity contribution in [2.45, 2.75) is 13.3 Å². The summed E-state index contributed by atoms with van der Waals surface area (Å²) in [6.45, 7) is 2.58. The van der Waals surface area contributed by atoms with Crippen LogP contribution in [0.2, 0.25) is 0 Å². The fraction of sp³-hybridized carbons (Fsp3) is 0.364. The Hall–Kier alpha value is -2.15. The zero-order valence-electron chi connectivity index (χ0n) is 10.5. The van der Waals surface area contributed by atoms with Gasteiger partial charge in [0.2, 0.25) is 0 Å². The van der Waals surface area contributed by atoms with Gasteiger partial charge in [0.25, 0.3) is 0 Å². The summed E-state index contributed by atoms with van der Waals surface area (Å²) in [6.07, 6.45) is 4.55. The summed E-state index contributed by atoms with van der Waals surface area (Å²) in [5, 5.41) is 3.23.